The van der Waals surface area contributed by atoms with Crippen LogP contribution in [0.3, 0.4) is 0 Å². The molecule has 182 valence electrons. The number of carbonyl (C=O) groups is 1. The number of morpholine rings is 1. The van der Waals surface area contributed by atoms with E-state index >= 15 is 0 Å². The van der Waals surface area contributed by atoms with Crippen LogP contribution in [0.5, 0.6) is 5.75 Å². The van der Waals surface area contributed by atoms with Crippen LogP contribution in [0.4, 0.5) is 18.9 Å². The summed E-state index contributed by atoms with van der Waals surface area (Å²) in [5.41, 5.74) is 0.988. The second-order valence-corrected chi connectivity index (χ2v) is 7.88. The van der Waals surface area contributed by atoms with Gasteiger partial charge in [-0.05, 0) is 49.4 Å². The molecule has 2 heterocycles. The molecular weight excluding hydrogens is 463 g/mol. The maximum absolute atomic E-state index is 12.8. The number of anilines is 1. The predicted octanol–water partition coefficient (Wildman–Crippen LogP) is 3.99. The fraction of sp³-hybridized carbons (Fsp3) is 0.292. The number of ether oxygens (including phenoxy) is 2. The van der Waals surface area contributed by atoms with Gasteiger partial charge in [0.15, 0.2) is 0 Å². The fourth-order valence-electron chi connectivity index (χ4n) is 3.59. The Kier molecular flexibility index (Phi) is 7.04. The van der Waals surface area contributed by atoms with Crippen LogP contribution < -0.4 is 10.1 Å². The van der Waals surface area contributed by atoms with Crippen molar-refractivity contribution in [1.82, 2.24) is 14.7 Å². The van der Waals surface area contributed by atoms with Gasteiger partial charge in [0.05, 0.1) is 47.5 Å². The summed E-state index contributed by atoms with van der Waals surface area (Å²) in [4.78, 5) is 14.9. The molecule has 3 aromatic rings. The second-order valence-electron chi connectivity index (χ2n) is 7.88. The van der Waals surface area contributed by atoms with E-state index in [1.807, 2.05) is 0 Å². The summed E-state index contributed by atoms with van der Waals surface area (Å²) in [6.45, 7) is 4.72. The van der Waals surface area contributed by atoms with Gasteiger partial charge < -0.3 is 14.8 Å². The van der Waals surface area contributed by atoms with Crippen molar-refractivity contribution in [2.24, 2.45) is 0 Å². The topological polar surface area (TPSA) is 92.4 Å². The Bertz CT molecular complexity index is 1240. The van der Waals surface area contributed by atoms with E-state index in [1.165, 1.54) is 29.1 Å². The Labute approximate surface area is 199 Å². The van der Waals surface area contributed by atoms with E-state index in [1.54, 1.807) is 19.1 Å². The molecule has 2 aromatic carbocycles. The summed E-state index contributed by atoms with van der Waals surface area (Å²) in [5.74, 6) is -0.0603. The summed E-state index contributed by atoms with van der Waals surface area (Å²) in [6.07, 6.45) is -3.10. The van der Waals surface area contributed by atoms with Crippen molar-refractivity contribution in [3.63, 3.8) is 0 Å². The molecule has 0 spiro atoms. The minimum Gasteiger partial charge on any atom is -0.477 e. The van der Waals surface area contributed by atoms with Gasteiger partial charge in [-0.15, -0.1) is 0 Å². The second kappa shape index (κ2) is 10.2. The van der Waals surface area contributed by atoms with Crippen molar-refractivity contribution < 1.29 is 27.4 Å². The first-order valence-electron chi connectivity index (χ1n) is 10.8. The molecule has 35 heavy (non-hydrogen) atoms. The molecule has 8 nitrogen and oxygen atoms in total. The van der Waals surface area contributed by atoms with E-state index in [9.17, 15) is 23.2 Å². The number of amides is 1. The Morgan fingerprint density at radius 2 is 1.91 bits per heavy atom. The number of nitrogens with zero attached hydrogens (tertiary/aromatic N) is 4. The number of aromatic nitrogens is 2. The Hall–Kier alpha value is -3.88. The minimum absolute atomic E-state index is 0.246. The highest BCUT2D eigenvalue weighted by Crippen LogP contribution is 2.30. The highest BCUT2D eigenvalue weighted by Gasteiger charge is 2.30. The van der Waals surface area contributed by atoms with Crippen LogP contribution in [0.15, 0.2) is 48.7 Å². The third kappa shape index (κ3) is 5.62. The molecule has 1 saturated heterocycles. The summed E-state index contributed by atoms with van der Waals surface area (Å²) in [5, 5.41) is 16.4. The fourth-order valence-corrected chi connectivity index (χ4v) is 3.59. The molecule has 0 radical (unpaired) electrons. The monoisotopic (exact) mass is 485 g/mol. The van der Waals surface area contributed by atoms with Gasteiger partial charge in [-0.1, -0.05) is 0 Å². The minimum atomic E-state index is -4.44. The number of rotatable bonds is 6. The first-order chi connectivity index (χ1) is 16.8. The van der Waals surface area contributed by atoms with Crippen molar-refractivity contribution in [1.29, 1.82) is 5.26 Å². The largest absolute Gasteiger partial charge is 0.477 e. The normalized spacial score (nSPS) is 14.4. The van der Waals surface area contributed by atoms with Crippen molar-refractivity contribution >= 4 is 11.6 Å². The number of alkyl halides is 3. The molecule has 1 N–H and O–H groups in total. The van der Waals surface area contributed by atoms with E-state index in [0.29, 0.717) is 42.8 Å². The number of nitrogens with one attached hydrogen (secondary N) is 1. The highest BCUT2D eigenvalue weighted by molar-refractivity contribution is 6.05. The maximum Gasteiger partial charge on any atom is 0.416 e. The number of carbonyl (C=O) groups excluding carboxylic acids is 1. The number of hydrogen-bond donors (Lipinski definition) is 1. The third-order valence-corrected chi connectivity index (χ3v) is 5.56. The standard InChI is InChI=1S/C24H22F3N5O3/c1-16-21(14-29-32(16)20-5-2-18(3-6-20)24(25,26)27)23(33)30-19-4-7-22(17(12-19)13-28)35-15-31-8-10-34-11-9-31/h2-7,12,14H,8-11,15H2,1H3,(H,30,33). The molecule has 0 atom stereocenters. The summed E-state index contributed by atoms with van der Waals surface area (Å²) < 4.78 is 50.9. The number of benzene rings is 2. The molecule has 1 aromatic heterocycles. The van der Waals surface area contributed by atoms with Crippen LogP contribution in [-0.4, -0.2) is 53.6 Å². The van der Waals surface area contributed by atoms with Crippen molar-refractivity contribution in [2.75, 3.05) is 38.4 Å². The smallest absolute Gasteiger partial charge is 0.416 e. The molecule has 1 amide bonds. The number of nitriles is 1. The van der Waals surface area contributed by atoms with Crippen LogP contribution in [0.2, 0.25) is 0 Å². The SMILES string of the molecule is Cc1c(C(=O)Nc2ccc(OCN3CCOCC3)c(C#N)c2)cnn1-c1ccc(C(F)(F)F)cc1. The number of hydrogen-bond acceptors (Lipinski definition) is 6. The van der Waals surface area contributed by atoms with Crippen molar-refractivity contribution in [3.8, 4) is 17.5 Å². The molecule has 1 aliphatic heterocycles. The van der Waals surface area contributed by atoms with Gasteiger partial charge in [0.1, 0.15) is 18.5 Å². The van der Waals surface area contributed by atoms with Crippen molar-refractivity contribution in [3.05, 3.63) is 71.0 Å². The van der Waals surface area contributed by atoms with Gasteiger partial charge in [0.2, 0.25) is 0 Å². The molecule has 11 heteroatoms. The van der Waals surface area contributed by atoms with Gasteiger partial charge in [0.25, 0.3) is 5.91 Å². The summed E-state index contributed by atoms with van der Waals surface area (Å²) >= 11 is 0. The van der Waals surface area contributed by atoms with Crippen molar-refractivity contribution in [2.45, 2.75) is 13.1 Å². The first-order valence-corrected chi connectivity index (χ1v) is 10.8. The Morgan fingerprint density at radius 1 is 1.20 bits per heavy atom. The zero-order chi connectivity index (χ0) is 25.0. The lowest BCUT2D eigenvalue weighted by Crippen LogP contribution is -2.38. The molecule has 1 fully saturated rings. The van der Waals surface area contributed by atoms with Crippen LogP contribution in [0.25, 0.3) is 5.69 Å². The van der Waals surface area contributed by atoms with E-state index in [0.717, 1.165) is 25.2 Å². The van der Waals surface area contributed by atoms with Crippen LogP contribution in [-0.2, 0) is 10.9 Å². The number of halogens is 3. The van der Waals surface area contributed by atoms with Gasteiger partial charge in [0, 0.05) is 18.8 Å². The zero-order valence-corrected chi connectivity index (χ0v) is 18.8. The van der Waals surface area contributed by atoms with Gasteiger partial charge in [-0.3, -0.25) is 9.69 Å². The Morgan fingerprint density at radius 3 is 2.57 bits per heavy atom. The van der Waals surface area contributed by atoms with E-state index in [2.05, 4.69) is 21.4 Å². The lowest BCUT2D eigenvalue weighted by molar-refractivity contribution is -0.137. The zero-order valence-electron chi connectivity index (χ0n) is 18.8. The van der Waals surface area contributed by atoms with Crippen LogP contribution >= 0.6 is 0 Å². The molecule has 0 aliphatic carbocycles. The van der Waals surface area contributed by atoms with Gasteiger partial charge in [-0.2, -0.15) is 23.5 Å². The molecule has 0 unspecified atom stereocenters. The molecular formula is C24H22F3N5O3. The van der Waals surface area contributed by atoms with Crippen LogP contribution in [0, 0.1) is 18.3 Å². The third-order valence-electron chi connectivity index (χ3n) is 5.56. The van der Waals surface area contributed by atoms with E-state index in [4.69, 9.17) is 9.47 Å². The average Bonchev–Trinajstić information content (AvgIpc) is 3.24. The van der Waals surface area contributed by atoms with Gasteiger partial charge >= 0.3 is 6.18 Å². The highest BCUT2D eigenvalue weighted by atomic mass is 19.4. The summed E-state index contributed by atoms with van der Waals surface area (Å²) in [6, 6.07) is 11.3. The molecule has 4 rings (SSSR count). The molecule has 0 bridgehead atoms. The Balaban J connectivity index is 1.45. The summed E-state index contributed by atoms with van der Waals surface area (Å²) in [7, 11) is 0. The van der Waals surface area contributed by atoms with E-state index < -0.39 is 17.6 Å². The predicted molar refractivity (Wildman–Crippen MR) is 120 cm³/mol. The average molecular weight is 485 g/mol. The maximum atomic E-state index is 12.8. The lowest BCUT2D eigenvalue weighted by atomic mass is 10.1. The van der Waals surface area contributed by atoms with Crippen LogP contribution in [0.1, 0.15) is 27.2 Å². The molecule has 0 saturated carbocycles. The van der Waals surface area contributed by atoms with Gasteiger partial charge in [-0.25, -0.2) is 4.68 Å². The lowest BCUT2D eigenvalue weighted by Gasteiger charge is -2.26. The molecule has 1 aliphatic rings. The van der Waals surface area contributed by atoms with E-state index in [-0.39, 0.29) is 11.1 Å². The quantitative estimate of drug-likeness (QED) is 0.568. The first kappa shape index (κ1) is 24.3.